The molecular weight excluding hydrogens is 799 g/mol. The standard InChI is InChI=1S/C23H27F3IN3O2.C8H12IN3/c1-22(2,3)32-21(31)29-11-12-30-18(19(27)28-20(30)15-8-9-15)17(29)10-7-14-5-4-6-16(13-14)23(24,25)26;9-7-5-12(4-3-10)8(11-7)6-1-2-6/h4-6,13,15,17H,7-12H2,1-3H3;5-6H,1-4,10H2. The summed E-state index contributed by atoms with van der Waals surface area (Å²) in [6.07, 6.45) is 3.06. The van der Waals surface area contributed by atoms with Gasteiger partial charge in [0.25, 0.3) is 0 Å². The number of aryl methyl sites for hydroxylation is 1. The van der Waals surface area contributed by atoms with Crippen LogP contribution in [0.5, 0.6) is 0 Å². The van der Waals surface area contributed by atoms with Crippen LogP contribution in [0.2, 0.25) is 0 Å². The van der Waals surface area contributed by atoms with Crippen LogP contribution in [-0.2, 0) is 30.4 Å². The fourth-order valence-electron chi connectivity index (χ4n) is 5.59. The molecule has 6 rings (SSSR count). The second-order valence-electron chi connectivity index (χ2n) is 12.7. The zero-order valence-corrected chi connectivity index (χ0v) is 29.5. The maximum atomic E-state index is 13.1. The van der Waals surface area contributed by atoms with Crippen LogP contribution < -0.4 is 5.73 Å². The molecule has 1 aromatic carbocycles. The Morgan fingerprint density at radius 1 is 1.05 bits per heavy atom. The zero-order valence-electron chi connectivity index (χ0n) is 25.2. The minimum atomic E-state index is -4.38. The summed E-state index contributed by atoms with van der Waals surface area (Å²) < 4.78 is 51.4. The normalized spacial score (nSPS) is 18.5. The number of amides is 1. The highest BCUT2D eigenvalue weighted by molar-refractivity contribution is 14.1. The van der Waals surface area contributed by atoms with Gasteiger partial charge < -0.3 is 19.6 Å². The van der Waals surface area contributed by atoms with E-state index in [-0.39, 0.29) is 6.04 Å². The highest BCUT2D eigenvalue weighted by atomic mass is 127. The van der Waals surface area contributed by atoms with E-state index in [2.05, 4.69) is 65.5 Å². The molecule has 1 atom stereocenters. The minimum absolute atomic E-state index is 0.306. The van der Waals surface area contributed by atoms with Crippen molar-refractivity contribution in [2.45, 2.75) is 102 Å². The molecular formula is C31H39F3I2N6O2. The summed E-state index contributed by atoms with van der Waals surface area (Å²) >= 11 is 4.47. The molecule has 2 aliphatic carbocycles. The summed E-state index contributed by atoms with van der Waals surface area (Å²) in [4.78, 5) is 24.0. The van der Waals surface area contributed by atoms with Gasteiger partial charge in [0.1, 0.15) is 24.7 Å². The third-order valence-electron chi connectivity index (χ3n) is 7.87. The quantitative estimate of drug-likeness (QED) is 0.248. The van der Waals surface area contributed by atoms with Gasteiger partial charge in [-0.1, -0.05) is 18.2 Å². The number of imidazole rings is 2. The number of halogens is 5. The number of aromatic nitrogens is 4. The largest absolute Gasteiger partial charge is 0.444 e. The topological polar surface area (TPSA) is 91.2 Å². The Morgan fingerprint density at radius 3 is 2.34 bits per heavy atom. The van der Waals surface area contributed by atoms with Crippen LogP contribution in [0.1, 0.15) is 99.2 Å². The van der Waals surface area contributed by atoms with Crippen LogP contribution >= 0.6 is 45.2 Å². The van der Waals surface area contributed by atoms with Crippen molar-refractivity contribution in [1.29, 1.82) is 0 Å². The van der Waals surface area contributed by atoms with E-state index in [0.29, 0.717) is 44.0 Å². The first-order valence-electron chi connectivity index (χ1n) is 15.1. The van der Waals surface area contributed by atoms with Gasteiger partial charge in [-0.2, -0.15) is 13.2 Å². The number of hydrogen-bond acceptors (Lipinski definition) is 5. The summed E-state index contributed by atoms with van der Waals surface area (Å²) in [7, 11) is 0. The molecule has 2 N–H and O–H groups in total. The number of ether oxygens (including phenoxy) is 1. The molecule has 0 bridgehead atoms. The van der Waals surface area contributed by atoms with Crippen LogP contribution in [0, 0.1) is 7.40 Å². The van der Waals surface area contributed by atoms with E-state index in [1.165, 1.54) is 30.8 Å². The number of benzene rings is 1. The number of nitrogens with zero attached hydrogens (tertiary/aromatic N) is 5. The molecule has 2 aromatic heterocycles. The van der Waals surface area contributed by atoms with Crippen LogP contribution in [0.3, 0.4) is 0 Å². The van der Waals surface area contributed by atoms with Crippen molar-refractivity contribution >= 4 is 51.3 Å². The molecule has 3 aromatic rings. The summed E-state index contributed by atoms with van der Waals surface area (Å²) in [5.74, 6) is 3.50. The van der Waals surface area contributed by atoms with E-state index in [0.717, 1.165) is 50.3 Å². The first-order chi connectivity index (χ1) is 20.7. The Bertz CT molecular complexity index is 1470. The summed E-state index contributed by atoms with van der Waals surface area (Å²) in [6.45, 7) is 8.22. The predicted molar refractivity (Wildman–Crippen MR) is 178 cm³/mol. The van der Waals surface area contributed by atoms with Crippen LogP contribution in [0.4, 0.5) is 18.0 Å². The van der Waals surface area contributed by atoms with Crippen molar-refractivity contribution in [3.05, 3.63) is 66.3 Å². The molecule has 240 valence electrons. The lowest BCUT2D eigenvalue weighted by atomic mass is 9.99. The van der Waals surface area contributed by atoms with Gasteiger partial charge in [0, 0.05) is 44.2 Å². The van der Waals surface area contributed by atoms with Crippen LogP contribution in [0.25, 0.3) is 0 Å². The van der Waals surface area contributed by atoms with Crippen molar-refractivity contribution in [1.82, 2.24) is 24.0 Å². The molecule has 1 aliphatic heterocycles. The first-order valence-corrected chi connectivity index (χ1v) is 17.2. The van der Waals surface area contributed by atoms with E-state index in [1.807, 2.05) is 20.8 Å². The summed E-state index contributed by atoms with van der Waals surface area (Å²) in [6, 6.07) is 5.10. The van der Waals surface area contributed by atoms with Gasteiger partial charge in [-0.05, 0) is 116 Å². The lowest BCUT2D eigenvalue weighted by Gasteiger charge is -2.38. The Labute approximate surface area is 283 Å². The highest BCUT2D eigenvalue weighted by Crippen LogP contribution is 2.44. The number of alkyl halides is 3. The SMILES string of the molecule is CC(C)(C)OC(=O)N1CCn2c(C3CC3)nc(I)c2C1CCc1cccc(C(F)(F)F)c1.NCCn1cc(I)nc1C1CC1. The number of hydrogen-bond donors (Lipinski definition) is 1. The Morgan fingerprint density at radius 2 is 1.73 bits per heavy atom. The van der Waals surface area contributed by atoms with Gasteiger partial charge in [-0.25, -0.2) is 14.8 Å². The Kier molecular flexibility index (Phi) is 10.2. The molecule has 0 spiro atoms. The molecule has 2 fully saturated rings. The molecule has 13 heteroatoms. The van der Waals surface area contributed by atoms with E-state index < -0.39 is 23.4 Å². The van der Waals surface area contributed by atoms with E-state index in [9.17, 15) is 18.0 Å². The Balaban J connectivity index is 0.000000266. The van der Waals surface area contributed by atoms with Crippen LogP contribution in [-0.4, -0.2) is 48.8 Å². The van der Waals surface area contributed by atoms with E-state index >= 15 is 0 Å². The predicted octanol–water partition coefficient (Wildman–Crippen LogP) is 7.63. The molecule has 3 heterocycles. The molecule has 0 radical (unpaired) electrons. The maximum absolute atomic E-state index is 13.1. The monoisotopic (exact) mass is 838 g/mol. The summed E-state index contributed by atoms with van der Waals surface area (Å²) in [5, 5.41) is 0. The molecule has 44 heavy (non-hydrogen) atoms. The number of carbonyl (C=O) groups excluding carboxylic acids is 1. The average Bonchev–Trinajstić information content (AvgIpc) is 3.88. The number of nitrogens with two attached hydrogens (primary N) is 1. The second-order valence-corrected chi connectivity index (χ2v) is 14.8. The van der Waals surface area contributed by atoms with Gasteiger partial charge in [0.05, 0.1) is 17.3 Å². The molecule has 3 aliphatic rings. The molecule has 2 saturated carbocycles. The molecule has 1 amide bonds. The second kappa shape index (κ2) is 13.5. The lowest BCUT2D eigenvalue weighted by Crippen LogP contribution is -2.45. The zero-order chi connectivity index (χ0) is 31.8. The van der Waals surface area contributed by atoms with Crippen molar-refractivity contribution in [2.24, 2.45) is 5.73 Å². The van der Waals surface area contributed by atoms with Gasteiger partial charge >= 0.3 is 12.3 Å². The van der Waals surface area contributed by atoms with E-state index in [1.54, 1.807) is 11.0 Å². The number of rotatable bonds is 7. The van der Waals surface area contributed by atoms with Gasteiger partial charge in [-0.15, -0.1) is 0 Å². The molecule has 1 unspecified atom stereocenters. The van der Waals surface area contributed by atoms with Crippen molar-refractivity contribution in [2.75, 3.05) is 13.1 Å². The van der Waals surface area contributed by atoms with Gasteiger partial charge in [-0.3, -0.25) is 4.90 Å². The molecule has 0 saturated heterocycles. The molecule has 8 nitrogen and oxygen atoms in total. The maximum Gasteiger partial charge on any atom is 0.416 e. The fourth-order valence-corrected chi connectivity index (χ4v) is 7.07. The van der Waals surface area contributed by atoms with Crippen LogP contribution in [0.15, 0.2) is 30.5 Å². The average molecular weight is 838 g/mol. The van der Waals surface area contributed by atoms with Gasteiger partial charge in [0.2, 0.25) is 0 Å². The summed E-state index contributed by atoms with van der Waals surface area (Å²) in [5.41, 5.74) is 5.79. The lowest BCUT2D eigenvalue weighted by molar-refractivity contribution is -0.137. The van der Waals surface area contributed by atoms with Crippen molar-refractivity contribution in [3.63, 3.8) is 0 Å². The fraction of sp³-hybridized carbons (Fsp3) is 0.581. The Hall–Kier alpha value is -1.88. The number of carbonyl (C=O) groups is 1. The smallest absolute Gasteiger partial charge is 0.416 e. The third kappa shape index (κ3) is 8.28. The first kappa shape index (κ1) is 33.5. The third-order valence-corrected chi connectivity index (χ3v) is 9.18. The van der Waals surface area contributed by atoms with Crippen molar-refractivity contribution < 1.29 is 22.7 Å². The minimum Gasteiger partial charge on any atom is -0.444 e. The highest BCUT2D eigenvalue weighted by Gasteiger charge is 2.40. The van der Waals surface area contributed by atoms with Gasteiger partial charge in [0.15, 0.2) is 0 Å². The number of fused-ring (bicyclic) bond motifs is 1. The van der Waals surface area contributed by atoms with E-state index in [4.69, 9.17) is 15.5 Å². The van der Waals surface area contributed by atoms with Crippen molar-refractivity contribution in [3.8, 4) is 0 Å².